The van der Waals surface area contributed by atoms with Crippen LogP contribution in [0.4, 0.5) is 0 Å². The molecule has 18 heavy (non-hydrogen) atoms. The minimum absolute atomic E-state index is 0.240. The molecule has 1 aromatic rings. The quantitative estimate of drug-likeness (QED) is 0.808. The zero-order chi connectivity index (χ0) is 13.5. The summed E-state index contributed by atoms with van der Waals surface area (Å²) in [5.41, 5.74) is 1.18. The topological polar surface area (TPSA) is 30.5 Å². The van der Waals surface area contributed by atoms with E-state index in [0.29, 0.717) is 12.0 Å². The fraction of sp³-hybridized carbons (Fsp3) is 0.600. The highest BCUT2D eigenvalue weighted by molar-refractivity contribution is 5.35. The van der Waals surface area contributed by atoms with Gasteiger partial charge in [-0.3, -0.25) is 0 Å². The van der Waals surface area contributed by atoms with Crippen molar-refractivity contribution in [1.29, 1.82) is 0 Å². The number of nitrogens with one attached hydrogen (secondary N) is 1. The minimum Gasteiger partial charge on any atom is -0.496 e. The van der Waals surface area contributed by atoms with E-state index in [9.17, 15) is 0 Å². The number of hydrogen-bond donors (Lipinski definition) is 1. The highest BCUT2D eigenvalue weighted by atomic mass is 16.5. The average molecular weight is 251 g/mol. The van der Waals surface area contributed by atoms with Crippen molar-refractivity contribution < 1.29 is 9.47 Å². The minimum atomic E-state index is 0.240. The average Bonchev–Trinajstić information content (AvgIpc) is 2.37. The molecule has 0 saturated carbocycles. The number of rotatable bonds is 7. The first-order valence-corrected chi connectivity index (χ1v) is 6.48. The predicted octanol–water partition coefficient (Wildman–Crippen LogP) is 3.02. The zero-order valence-electron chi connectivity index (χ0n) is 12.1. The van der Waals surface area contributed by atoms with Gasteiger partial charge in [0.2, 0.25) is 0 Å². The third kappa shape index (κ3) is 4.00. The van der Waals surface area contributed by atoms with Gasteiger partial charge in [0.1, 0.15) is 5.75 Å². The first kappa shape index (κ1) is 15.0. The first-order chi connectivity index (χ1) is 8.60. The Morgan fingerprint density at radius 1 is 1.11 bits per heavy atom. The summed E-state index contributed by atoms with van der Waals surface area (Å²) >= 11 is 0. The van der Waals surface area contributed by atoms with Crippen LogP contribution in [-0.4, -0.2) is 26.9 Å². The van der Waals surface area contributed by atoms with Crippen LogP contribution in [0.5, 0.6) is 5.75 Å². The molecule has 0 spiro atoms. The molecule has 0 bridgehead atoms. The Balaban J connectivity index is 2.76. The van der Waals surface area contributed by atoms with E-state index in [1.54, 1.807) is 14.2 Å². The second kappa shape index (κ2) is 7.39. The summed E-state index contributed by atoms with van der Waals surface area (Å²) in [7, 11) is 3.45. The number of para-hydroxylation sites is 1. The molecule has 102 valence electrons. The van der Waals surface area contributed by atoms with E-state index < -0.39 is 0 Å². The highest BCUT2D eigenvalue weighted by Gasteiger charge is 2.18. The molecule has 0 fully saturated rings. The monoisotopic (exact) mass is 251 g/mol. The van der Waals surface area contributed by atoms with E-state index in [1.807, 2.05) is 18.2 Å². The molecular formula is C15H25NO2. The van der Waals surface area contributed by atoms with Gasteiger partial charge in [-0.15, -0.1) is 0 Å². The highest BCUT2D eigenvalue weighted by Crippen LogP contribution is 2.25. The maximum Gasteiger partial charge on any atom is 0.123 e. The van der Waals surface area contributed by atoms with Crippen LogP contribution in [-0.2, 0) is 4.74 Å². The van der Waals surface area contributed by atoms with Gasteiger partial charge in [0.05, 0.1) is 13.7 Å². The van der Waals surface area contributed by atoms with Crippen molar-refractivity contribution in [3.8, 4) is 5.75 Å². The Kier molecular flexibility index (Phi) is 6.16. The molecule has 1 N–H and O–H groups in total. The standard InChI is InChI=1S/C15H25NO2/c1-11(2)14(10-17-4)16-12(3)13-8-6-7-9-15(13)18-5/h6-9,11-12,14,16H,10H2,1-5H3. The molecule has 2 atom stereocenters. The fourth-order valence-electron chi connectivity index (χ4n) is 2.05. The largest absolute Gasteiger partial charge is 0.496 e. The van der Waals surface area contributed by atoms with Gasteiger partial charge in [-0.2, -0.15) is 0 Å². The number of methoxy groups -OCH3 is 2. The molecule has 1 aromatic carbocycles. The summed E-state index contributed by atoms with van der Waals surface area (Å²) in [5, 5.41) is 3.60. The van der Waals surface area contributed by atoms with Gasteiger partial charge in [-0.05, 0) is 18.9 Å². The van der Waals surface area contributed by atoms with Crippen molar-refractivity contribution in [3.63, 3.8) is 0 Å². The molecule has 0 aromatic heterocycles. The molecule has 3 heteroatoms. The van der Waals surface area contributed by atoms with Gasteiger partial charge in [-0.1, -0.05) is 32.0 Å². The summed E-state index contributed by atoms with van der Waals surface area (Å²) in [4.78, 5) is 0. The summed E-state index contributed by atoms with van der Waals surface area (Å²) in [6.07, 6.45) is 0. The van der Waals surface area contributed by atoms with E-state index in [4.69, 9.17) is 9.47 Å². The van der Waals surface area contributed by atoms with Gasteiger partial charge in [0, 0.05) is 24.8 Å². The van der Waals surface area contributed by atoms with Crippen LogP contribution in [0.25, 0.3) is 0 Å². The van der Waals surface area contributed by atoms with Crippen molar-refractivity contribution in [2.45, 2.75) is 32.9 Å². The predicted molar refractivity (Wildman–Crippen MR) is 75.0 cm³/mol. The van der Waals surface area contributed by atoms with E-state index in [2.05, 4.69) is 32.2 Å². The van der Waals surface area contributed by atoms with E-state index in [-0.39, 0.29) is 6.04 Å². The Hall–Kier alpha value is -1.06. The second-order valence-corrected chi connectivity index (χ2v) is 4.94. The molecule has 0 amide bonds. The maximum atomic E-state index is 5.40. The molecular weight excluding hydrogens is 226 g/mol. The van der Waals surface area contributed by atoms with Crippen LogP contribution in [0, 0.1) is 5.92 Å². The van der Waals surface area contributed by atoms with Gasteiger partial charge in [0.25, 0.3) is 0 Å². The number of benzene rings is 1. The normalized spacial score (nSPS) is 14.6. The summed E-state index contributed by atoms with van der Waals surface area (Å²) in [5.74, 6) is 1.46. The molecule has 0 saturated heterocycles. The molecule has 0 aliphatic heterocycles. The van der Waals surface area contributed by atoms with Gasteiger partial charge < -0.3 is 14.8 Å². The van der Waals surface area contributed by atoms with Crippen molar-refractivity contribution in [1.82, 2.24) is 5.32 Å². The van der Waals surface area contributed by atoms with E-state index >= 15 is 0 Å². The molecule has 0 heterocycles. The Labute approximate surface area is 110 Å². The lowest BCUT2D eigenvalue weighted by Gasteiger charge is -2.26. The molecule has 2 unspecified atom stereocenters. The Morgan fingerprint density at radius 3 is 2.33 bits per heavy atom. The van der Waals surface area contributed by atoms with Crippen LogP contribution in [0.3, 0.4) is 0 Å². The number of hydrogen-bond acceptors (Lipinski definition) is 3. The van der Waals surface area contributed by atoms with Gasteiger partial charge in [0.15, 0.2) is 0 Å². The lowest BCUT2D eigenvalue weighted by atomic mass is 10.0. The zero-order valence-corrected chi connectivity index (χ0v) is 12.1. The SMILES string of the molecule is COCC(NC(C)c1ccccc1OC)C(C)C. The second-order valence-electron chi connectivity index (χ2n) is 4.94. The van der Waals surface area contributed by atoms with Crippen LogP contribution in [0.15, 0.2) is 24.3 Å². The summed E-state index contributed by atoms with van der Waals surface area (Å²) in [6, 6.07) is 8.70. The number of ether oxygens (including phenoxy) is 2. The maximum absolute atomic E-state index is 5.40. The van der Waals surface area contributed by atoms with Crippen molar-refractivity contribution in [2.75, 3.05) is 20.8 Å². The van der Waals surface area contributed by atoms with E-state index in [1.165, 1.54) is 5.56 Å². The Bertz CT molecular complexity index is 352. The molecule has 0 radical (unpaired) electrons. The van der Waals surface area contributed by atoms with E-state index in [0.717, 1.165) is 12.4 Å². The lowest BCUT2D eigenvalue weighted by Crippen LogP contribution is -2.39. The smallest absolute Gasteiger partial charge is 0.123 e. The molecule has 1 rings (SSSR count). The van der Waals surface area contributed by atoms with Crippen molar-refractivity contribution >= 4 is 0 Å². The van der Waals surface area contributed by atoms with Crippen molar-refractivity contribution in [2.24, 2.45) is 5.92 Å². The third-order valence-corrected chi connectivity index (χ3v) is 3.22. The summed E-state index contributed by atoms with van der Waals surface area (Å²) in [6.45, 7) is 7.28. The first-order valence-electron chi connectivity index (χ1n) is 6.48. The lowest BCUT2D eigenvalue weighted by molar-refractivity contribution is 0.141. The summed E-state index contributed by atoms with van der Waals surface area (Å²) < 4.78 is 10.7. The Morgan fingerprint density at radius 2 is 1.78 bits per heavy atom. The van der Waals surface area contributed by atoms with Crippen LogP contribution < -0.4 is 10.1 Å². The third-order valence-electron chi connectivity index (χ3n) is 3.22. The molecule has 0 aliphatic carbocycles. The fourth-order valence-corrected chi connectivity index (χ4v) is 2.05. The van der Waals surface area contributed by atoms with Crippen molar-refractivity contribution in [3.05, 3.63) is 29.8 Å². The van der Waals surface area contributed by atoms with Gasteiger partial charge in [-0.25, -0.2) is 0 Å². The van der Waals surface area contributed by atoms with Crippen LogP contribution in [0.2, 0.25) is 0 Å². The molecule has 3 nitrogen and oxygen atoms in total. The molecule has 0 aliphatic rings. The van der Waals surface area contributed by atoms with Crippen LogP contribution >= 0.6 is 0 Å². The van der Waals surface area contributed by atoms with Crippen LogP contribution in [0.1, 0.15) is 32.4 Å². The van der Waals surface area contributed by atoms with Gasteiger partial charge >= 0.3 is 0 Å².